The Morgan fingerprint density at radius 3 is 2.62 bits per heavy atom. The molecule has 1 aromatic heterocycles. The van der Waals surface area contributed by atoms with Gasteiger partial charge in [0.1, 0.15) is 18.4 Å². The summed E-state index contributed by atoms with van der Waals surface area (Å²) in [6, 6.07) is 5.69. The van der Waals surface area contributed by atoms with E-state index in [0.29, 0.717) is 18.2 Å². The minimum absolute atomic E-state index is 0.0155. The van der Waals surface area contributed by atoms with E-state index in [2.05, 4.69) is 16.0 Å². The summed E-state index contributed by atoms with van der Waals surface area (Å²) >= 11 is 0. The van der Waals surface area contributed by atoms with Crippen LogP contribution in [0.1, 0.15) is 31.2 Å². The Bertz CT molecular complexity index is 729. The normalized spacial score (nSPS) is 21.2. The molecule has 26 heavy (non-hydrogen) atoms. The number of hydrogen-bond donors (Lipinski definition) is 0. The average molecular weight is 353 g/mol. The third kappa shape index (κ3) is 3.50. The first-order valence-electron chi connectivity index (χ1n) is 9.31. The molecule has 1 aliphatic carbocycles. The molecule has 0 radical (unpaired) electrons. The highest BCUT2D eigenvalue weighted by atomic mass is 16.2. The molecule has 2 amide bonds. The molecule has 7 heteroatoms. The van der Waals surface area contributed by atoms with Gasteiger partial charge in [-0.15, -0.1) is 0 Å². The SMILES string of the molecule is N#Cc1ccc(N2CCC(C(=O)N3CC(=O)N(CC4CC4)C3)CC2)nc1. The fraction of sp³-hybridized carbons (Fsp3) is 0.579. The van der Waals surface area contributed by atoms with Crippen LogP contribution in [0.4, 0.5) is 5.82 Å². The van der Waals surface area contributed by atoms with Crippen molar-refractivity contribution in [2.45, 2.75) is 25.7 Å². The Kier molecular flexibility index (Phi) is 4.49. The van der Waals surface area contributed by atoms with Gasteiger partial charge in [-0.2, -0.15) is 5.26 Å². The van der Waals surface area contributed by atoms with E-state index >= 15 is 0 Å². The number of piperidine rings is 1. The molecular formula is C19H23N5O2. The van der Waals surface area contributed by atoms with Crippen molar-refractivity contribution < 1.29 is 9.59 Å². The quantitative estimate of drug-likeness (QED) is 0.813. The second-order valence-electron chi connectivity index (χ2n) is 7.52. The standard InChI is InChI=1S/C19H23N5O2/c20-9-15-3-4-17(21-10-15)22-7-5-16(6-8-22)19(26)24-12-18(25)23(13-24)11-14-1-2-14/h3-4,10,14,16H,1-2,5-8,11-13H2. The van der Waals surface area contributed by atoms with E-state index in [9.17, 15) is 9.59 Å². The van der Waals surface area contributed by atoms with Gasteiger partial charge >= 0.3 is 0 Å². The van der Waals surface area contributed by atoms with Crippen LogP contribution >= 0.6 is 0 Å². The van der Waals surface area contributed by atoms with Crippen molar-refractivity contribution in [3.63, 3.8) is 0 Å². The zero-order chi connectivity index (χ0) is 18.1. The van der Waals surface area contributed by atoms with Crippen LogP contribution < -0.4 is 4.90 Å². The minimum Gasteiger partial charge on any atom is -0.357 e. The predicted octanol–water partition coefficient (Wildman–Crippen LogP) is 1.21. The summed E-state index contributed by atoms with van der Waals surface area (Å²) < 4.78 is 0. The molecule has 0 bridgehead atoms. The van der Waals surface area contributed by atoms with Gasteiger partial charge in [0.2, 0.25) is 11.8 Å². The van der Waals surface area contributed by atoms with Crippen molar-refractivity contribution in [2.75, 3.05) is 37.7 Å². The highest BCUT2D eigenvalue weighted by Crippen LogP contribution is 2.31. The highest BCUT2D eigenvalue weighted by Gasteiger charge is 2.37. The summed E-state index contributed by atoms with van der Waals surface area (Å²) in [5.74, 6) is 1.69. The van der Waals surface area contributed by atoms with E-state index < -0.39 is 0 Å². The van der Waals surface area contributed by atoms with Crippen molar-refractivity contribution in [1.29, 1.82) is 5.26 Å². The van der Waals surface area contributed by atoms with Crippen LogP contribution in [0.3, 0.4) is 0 Å². The van der Waals surface area contributed by atoms with E-state index in [4.69, 9.17) is 5.26 Å². The van der Waals surface area contributed by atoms with Gasteiger partial charge in [-0.3, -0.25) is 9.59 Å². The number of nitrogens with zero attached hydrogens (tertiary/aromatic N) is 5. The van der Waals surface area contributed by atoms with Crippen molar-refractivity contribution >= 4 is 17.6 Å². The van der Waals surface area contributed by atoms with E-state index in [1.165, 1.54) is 12.8 Å². The molecule has 0 N–H and O–H groups in total. The first-order valence-corrected chi connectivity index (χ1v) is 9.31. The zero-order valence-corrected chi connectivity index (χ0v) is 14.8. The van der Waals surface area contributed by atoms with Gasteiger partial charge in [-0.05, 0) is 43.7 Å². The van der Waals surface area contributed by atoms with Crippen LogP contribution in [-0.2, 0) is 9.59 Å². The monoisotopic (exact) mass is 353 g/mol. The largest absolute Gasteiger partial charge is 0.357 e. The van der Waals surface area contributed by atoms with Crippen LogP contribution in [0.15, 0.2) is 18.3 Å². The molecule has 3 heterocycles. The number of pyridine rings is 1. The number of rotatable bonds is 4. The first kappa shape index (κ1) is 16.8. The number of nitriles is 1. The summed E-state index contributed by atoms with van der Waals surface area (Å²) in [6.07, 6.45) is 5.54. The molecule has 3 aliphatic rings. The second-order valence-corrected chi connectivity index (χ2v) is 7.52. The van der Waals surface area contributed by atoms with Crippen molar-refractivity contribution in [1.82, 2.24) is 14.8 Å². The van der Waals surface area contributed by atoms with Gasteiger partial charge in [0.05, 0.1) is 12.2 Å². The number of carbonyl (C=O) groups is 2. The van der Waals surface area contributed by atoms with Gasteiger partial charge in [0.15, 0.2) is 0 Å². The van der Waals surface area contributed by atoms with E-state index in [-0.39, 0.29) is 24.3 Å². The number of anilines is 1. The Labute approximate surface area is 153 Å². The maximum atomic E-state index is 12.8. The first-order chi connectivity index (χ1) is 12.6. The van der Waals surface area contributed by atoms with Crippen LogP contribution in [-0.4, -0.2) is 59.4 Å². The fourth-order valence-corrected chi connectivity index (χ4v) is 3.77. The van der Waals surface area contributed by atoms with Crippen LogP contribution in [0.5, 0.6) is 0 Å². The van der Waals surface area contributed by atoms with E-state index in [1.807, 2.05) is 11.0 Å². The van der Waals surface area contributed by atoms with Gasteiger partial charge in [0, 0.05) is 31.7 Å². The molecule has 0 atom stereocenters. The van der Waals surface area contributed by atoms with Crippen molar-refractivity contribution in [2.24, 2.45) is 11.8 Å². The maximum absolute atomic E-state index is 12.8. The third-order valence-corrected chi connectivity index (χ3v) is 5.55. The Morgan fingerprint density at radius 1 is 1.23 bits per heavy atom. The molecule has 0 spiro atoms. The molecule has 0 unspecified atom stereocenters. The second kappa shape index (κ2) is 6.94. The van der Waals surface area contributed by atoms with Gasteiger partial charge in [-0.1, -0.05) is 0 Å². The van der Waals surface area contributed by atoms with Crippen LogP contribution in [0.25, 0.3) is 0 Å². The van der Waals surface area contributed by atoms with Crippen LogP contribution in [0, 0.1) is 23.2 Å². The average Bonchev–Trinajstić information content (AvgIpc) is 3.43. The molecule has 2 aliphatic heterocycles. The summed E-state index contributed by atoms with van der Waals surface area (Å²) in [4.78, 5) is 35.0. The van der Waals surface area contributed by atoms with Gasteiger partial charge in [0.25, 0.3) is 0 Å². The molecule has 7 nitrogen and oxygen atoms in total. The van der Waals surface area contributed by atoms with Crippen molar-refractivity contribution in [3.8, 4) is 6.07 Å². The summed E-state index contributed by atoms with van der Waals surface area (Å²) in [5, 5.41) is 8.85. The topological polar surface area (TPSA) is 80.5 Å². The fourth-order valence-electron chi connectivity index (χ4n) is 3.77. The molecule has 136 valence electrons. The van der Waals surface area contributed by atoms with E-state index in [1.54, 1.807) is 17.2 Å². The predicted molar refractivity (Wildman–Crippen MR) is 94.9 cm³/mol. The Balaban J connectivity index is 1.30. The van der Waals surface area contributed by atoms with Crippen molar-refractivity contribution in [3.05, 3.63) is 23.9 Å². The minimum atomic E-state index is -0.0155. The van der Waals surface area contributed by atoms with Gasteiger partial charge < -0.3 is 14.7 Å². The molecule has 1 aromatic rings. The summed E-state index contributed by atoms with van der Waals surface area (Å²) in [7, 11) is 0. The molecular weight excluding hydrogens is 330 g/mol. The van der Waals surface area contributed by atoms with Gasteiger partial charge in [-0.25, -0.2) is 4.98 Å². The molecule has 0 aromatic carbocycles. The Morgan fingerprint density at radius 2 is 2.00 bits per heavy atom. The smallest absolute Gasteiger partial charge is 0.243 e. The lowest BCUT2D eigenvalue weighted by molar-refractivity contribution is -0.136. The lowest BCUT2D eigenvalue weighted by Gasteiger charge is -2.33. The third-order valence-electron chi connectivity index (χ3n) is 5.55. The Hall–Kier alpha value is -2.62. The van der Waals surface area contributed by atoms with E-state index in [0.717, 1.165) is 38.3 Å². The summed E-state index contributed by atoms with van der Waals surface area (Å²) in [5.41, 5.74) is 0.549. The lowest BCUT2D eigenvalue weighted by atomic mass is 9.95. The highest BCUT2D eigenvalue weighted by molar-refractivity contribution is 5.88. The van der Waals surface area contributed by atoms with Crippen LogP contribution in [0.2, 0.25) is 0 Å². The molecule has 3 fully saturated rings. The lowest BCUT2D eigenvalue weighted by Crippen LogP contribution is -2.42. The molecule has 4 rings (SSSR count). The number of aromatic nitrogens is 1. The number of carbonyl (C=O) groups excluding carboxylic acids is 2. The summed E-state index contributed by atoms with van der Waals surface area (Å²) in [6.45, 7) is 3.05. The zero-order valence-electron chi connectivity index (χ0n) is 14.8. The molecule has 1 saturated carbocycles. The number of amides is 2. The maximum Gasteiger partial charge on any atom is 0.243 e. The number of hydrogen-bond acceptors (Lipinski definition) is 5. The molecule has 2 saturated heterocycles.